The van der Waals surface area contributed by atoms with Gasteiger partial charge in [0.05, 0.1) is 68.5 Å². The minimum absolute atomic E-state index is 0. The van der Waals surface area contributed by atoms with Crippen LogP contribution in [0.2, 0.25) is 0 Å². The van der Waals surface area contributed by atoms with Crippen LogP contribution in [0, 0.1) is 0 Å². The summed E-state index contributed by atoms with van der Waals surface area (Å²) in [6.45, 7) is 30.4. The predicted octanol–water partition coefficient (Wildman–Crippen LogP) is 7.26. The summed E-state index contributed by atoms with van der Waals surface area (Å²) in [5.74, 6) is -8.16. The van der Waals surface area contributed by atoms with E-state index in [4.69, 9.17) is 36.0 Å². The van der Waals surface area contributed by atoms with E-state index in [2.05, 4.69) is 79.1 Å². The third-order valence-corrected chi connectivity index (χ3v) is 18.4. The van der Waals surface area contributed by atoms with Gasteiger partial charge in [0.25, 0.3) is 29.5 Å². The van der Waals surface area contributed by atoms with Crippen LogP contribution in [0.4, 0.5) is 14.4 Å². The van der Waals surface area contributed by atoms with Crippen molar-refractivity contribution in [2.24, 2.45) is 11.5 Å². The number of fused-ring (bicyclic) bond motifs is 1. The second kappa shape index (κ2) is 68.7. The Bertz CT molecular complexity index is 4610. The number of nitrogens with two attached hydrogens (primary N) is 2. The van der Waals surface area contributed by atoms with Crippen LogP contribution in [-0.2, 0) is 71.7 Å². The number of alkyl carbamates (subject to hydrolysis) is 3. The number of carboxylic acid groups (broad SMARTS) is 1. The van der Waals surface area contributed by atoms with Gasteiger partial charge in [-0.15, -0.1) is 42.3 Å². The molecule has 0 fully saturated rings. The van der Waals surface area contributed by atoms with Crippen molar-refractivity contribution in [3.63, 3.8) is 0 Å². The van der Waals surface area contributed by atoms with Crippen LogP contribution < -0.4 is 80.3 Å². The van der Waals surface area contributed by atoms with Gasteiger partial charge in [-0.1, -0.05) is 200 Å². The zero-order chi connectivity index (χ0) is 101. The SMILES string of the molecule is CCCC(N)C(=O)C(=O)NCC(=O)N[C@H](C)c1ccccc1.CCCC(N)C(O)C(=O)NCC(=O)N[C@H](C)c1ccccc1.CCCC(NC(=O)OC(C)(C)C)C(=O)C(=O)NCC(=O)N[C@H](C)c1ccccc1.CCCC(NC(=O)OC(C)(C)C)C(O)C(=O)NCC(=O)N[C@H](C)c1ccccc1.CCCC(NC(=O)OC(C)(C)C)C(O)C(=O)NCC(=O)O.Cl.Cl.Cl.OOn1nnc2ccccc21. The maximum Gasteiger partial charge on any atom is 0.408 e. The van der Waals surface area contributed by atoms with Crippen LogP contribution in [0.3, 0.4) is 0 Å². The molecular weight excluding hydrogens is 1850 g/mol. The molecule has 6 rings (SSSR count). The Morgan fingerprint density at radius 2 is 0.664 bits per heavy atom. The lowest BCUT2D eigenvalue weighted by Crippen LogP contribution is -2.52. The molecule has 5 aromatic carbocycles. The Morgan fingerprint density at radius 3 is 0.978 bits per heavy atom. The number of ether oxygens (including phenoxy) is 3. The quantitative estimate of drug-likeness (QED) is 0.00775. The van der Waals surface area contributed by atoms with Crippen LogP contribution in [0.1, 0.15) is 235 Å². The van der Waals surface area contributed by atoms with Crippen LogP contribution >= 0.6 is 37.2 Å². The molecule has 0 radical (unpaired) electrons. The summed E-state index contributed by atoms with van der Waals surface area (Å²) in [6, 6.07) is 40.0. The van der Waals surface area contributed by atoms with Gasteiger partial charge in [0, 0.05) is 6.04 Å². The standard InChI is InChI=1S/C21H33N3O5.C21H31N3O5.C16H25N3O3.C16H23N3O3.C13H24N2O6.C6H5N3O2.3ClH/c2*1-6-10-16(24-20(28)29-21(3,4)5)18(26)19(27)22-13-17(25)23-14(2)15-11-8-7-9-12-15;2*1-3-7-13(17)15(21)16(22)18-10-14(20)19-11(2)12-8-5-4-6-9-12;1-5-6-8(15-12(20)21-13(2,3)4)10(18)11(19)14-7-9(16)17;10-11-9-6-4-2-1-3-5(6)7-8-9;;;/h7-9,11-12,14,16,18,26H,6,10,13H2,1-5H3,(H,22,27)(H,23,25)(H,24,28);7-9,11-12,14,16H,6,10,13H2,1-5H3,(H,22,27)(H,23,25)(H,24,28);4-6,8-9,11,13,15,21H,3,7,10,17H2,1-2H3,(H,18,22)(H,19,20);4-6,8-9,11,13H,3,7,10,17H2,1-2H3,(H,18,22)(H,19,20);8,10,18H,5-7H2,1-4H3,(H,14,19)(H,15,20)(H,16,17);1-4,10H;3*1H/t14-,16?,18?;14-,16?;11-,13?,15?;11-,13?;;;;;/m1111...../s1. The number of para-hydroxylation sites is 1. The van der Waals surface area contributed by atoms with Crippen LogP contribution in [-0.4, -0.2) is 228 Å². The molecule has 12 amide bonds. The molecule has 137 heavy (non-hydrogen) atoms. The summed E-state index contributed by atoms with van der Waals surface area (Å²) in [5, 5.41) is 83.8. The van der Waals surface area contributed by atoms with E-state index in [1.165, 1.54) is 0 Å². The van der Waals surface area contributed by atoms with E-state index >= 15 is 0 Å². The molecule has 0 aliphatic carbocycles. The molecule has 1 heterocycles. The average Bonchev–Trinajstić information content (AvgIpc) is 1.67. The van der Waals surface area contributed by atoms with Gasteiger partial charge in [-0.25, -0.2) is 19.4 Å². The van der Waals surface area contributed by atoms with Crippen molar-refractivity contribution in [3.8, 4) is 0 Å². The fraction of sp³-hybridized carbons (Fsp3) is 0.516. The van der Waals surface area contributed by atoms with Gasteiger partial charge in [-0.05, 0) is 167 Å². The van der Waals surface area contributed by atoms with E-state index in [1.54, 1.807) is 80.5 Å². The molecule has 12 atom stereocenters. The molecule has 6 aromatic rings. The zero-order valence-corrected chi connectivity index (χ0v) is 83.6. The van der Waals surface area contributed by atoms with Crippen molar-refractivity contribution < 1.29 is 117 Å². The highest BCUT2D eigenvalue weighted by molar-refractivity contribution is 6.39. The number of carbonyl (C=O) groups excluding carboxylic acids is 14. The van der Waals surface area contributed by atoms with Gasteiger partial charge in [-0.3, -0.25) is 57.5 Å². The lowest BCUT2D eigenvalue weighted by Gasteiger charge is -2.26. The van der Waals surface area contributed by atoms with Crippen molar-refractivity contribution in [2.45, 2.75) is 278 Å². The zero-order valence-electron chi connectivity index (χ0n) is 81.1. The molecule has 0 saturated heterocycles. The second-order valence-corrected chi connectivity index (χ2v) is 33.7. The molecule has 766 valence electrons. The summed E-state index contributed by atoms with van der Waals surface area (Å²) >= 11 is 0. The Morgan fingerprint density at radius 1 is 0.372 bits per heavy atom. The predicted molar refractivity (Wildman–Crippen MR) is 521 cm³/mol. The molecule has 0 aliphatic rings. The normalized spacial score (nSPS) is 13.2. The van der Waals surface area contributed by atoms with Crippen molar-refractivity contribution in [3.05, 3.63) is 168 Å². The number of carboxylic acids is 1. The Balaban J connectivity index is -0.00000159. The van der Waals surface area contributed by atoms with Crippen LogP contribution in [0.25, 0.3) is 11.0 Å². The number of hydrogen-bond donors (Lipinski definition) is 19. The van der Waals surface area contributed by atoms with Gasteiger partial charge < -0.3 is 110 Å². The lowest BCUT2D eigenvalue weighted by molar-refractivity contribution is -0.250. The first-order valence-electron chi connectivity index (χ1n) is 44.2. The number of hydrogen-bond acceptors (Lipinski definition) is 27. The first-order chi connectivity index (χ1) is 62.9. The molecule has 44 heteroatoms. The molecule has 1 aromatic heterocycles. The maximum atomic E-state index is 12.4. The molecule has 0 saturated carbocycles. The molecule has 41 nitrogen and oxygen atoms in total. The van der Waals surface area contributed by atoms with Crippen LogP contribution in [0.5, 0.6) is 0 Å². The minimum atomic E-state index is -1.54. The van der Waals surface area contributed by atoms with E-state index in [9.17, 15) is 87.2 Å². The van der Waals surface area contributed by atoms with E-state index in [0.29, 0.717) is 56.0 Å². The van der Waals surface area contributed by atoms with E-state index in [0.717, 1.165) is 39.9 Å². The Hall–Kier alpha value is -12.2. The highest BCUT2D eigenvalue weighted by atomic mass is 35.5. The summed E-state index contributed by atoms with van der Waals surface area (Å²) in [5.41, 5.74) is 14.3. The largest absolute Gasteiger partial charge is 0.480 e. The summed E-state index contributed by atoms with van der Waals surface area (Å²) in [4.78, 5) is 182. The molecule has 0 aliphatic heterocycles. The van der Waals surface area contributed by atoms with Crippen molar-refractivity contribution in [1.29, 1.82) is 0 Å². The number of carbonyl (C=O) groups is 15. The molecule has 0 bridgehead atoms. The van der Waals surface area contributed by atoms with E-state index < -0.39 is 143 Å². The number of aliphatic hydroxyl groups is 3. The number of aliphatic hydroxyl groups excluding tert-OH is 3. The number of ketones is 2. The lowest BCUT2D eigenvalue weighted by atomic mass is 10.1. The number of nitrogens with one attached hydrogen (secondary N) is 12. The smallest absolute Gasteiger partial charge is 0.408 e. The summed E-state index contributed by atoms with van der Waals surface area (Å²) in [6.07, 6.45) is -1.23. The third-order valence-electron chi connectivity index (χ3n) is 18.4. The number of aliphatic carboxylic acids is 1. The van der Waals surface area contributed by atoms with Crippen molar-refractivity contribution in [2.75, 3.05) is 32.7 Å². The minimum Gasteiger partial charge on any atom is -0.480 e. The van der Waals surface area contributed by atoms with Gasteiger partial charge in [-0.2, -0.15) is 5.26 Å². The van der Waals surface area contributed by atoms with Gasteiger partial charge >= 0.3 is 24.2 Å². The number of Topliss-reactive ketones (excluding diaryl/α,β-unsaturated/α-hetero) is 2. The van der Waals surface area contributed by atoms with E-state index in [1.807, 2.05) is 190 Å². The average molecular weight is 1990 g/mol. The number of halogens is 3. The molecular formula is C93H144Cl3N17O24. The first kappa shape index (κ1) is 129. The maximum absolute atomic E-state index is 12.4. The van der Waals surface area contributed by atoms with E-state index in [-0.39, 0.29) is 112 Å². The fourth-order valence-corrected chi connectivity index (χ4v) is 11.7. The number of rotatable bonds is 42. The van der Waals surface area contributed by atoms with Crippen LogP contribution in [0.15, 0.2) is 146 Å². The molecule has 21 N–H and O–H groups in total. The highest BCUT2D eigenvalue weighted by Crippen LogP contribution is 2.18. The first-order valence-corrected chi connectivity index (χ1v) is 44.2. The van der Waals surface area contributed by atoms with Crippen molar-refractivity contribution >= 4 is 137 Å². The van der Waals surface area contributed by atoms with Gasteiger partial charge in [0.1, 0.15) is 46.5 Å². The number of benzene rings is 5. The number of amides is 12. The Kier molecular flexibility index (Phi) is 64.7. The second-order valence-electron chi connectivity index (χ2n) is 33.7. The Labute approximate surface area is 819 Å². The van der Waals surface area contributed by atoms with Gasteiger partial charge in [0.15, 0.2) is 12.2 Å². The molecule has 0 spiro atoms. The summed E-state index contributed by atoms with van der Waals surface area (Å²) < 4.78 is 15.4. The molecule has 8 unspecified atom stereocenters. The number of nitrogens with zero attached hydrogens (tertiary/aromatic N) is 3. The summed E-state index contributed by atoms with van der Waals surface area (Å²) in [7, 11) is 0. The monoisotopic (exact) mass is 1990 g/mol. The van der Waals surface area contributed by atoms with Gasteiger partial charge in [0.2, 0.25) is 35.2 Å². The highest BCUT2D eigenvalue weighted by Gasteiger charge is 2.33. The topological polar surface area (TPSA) is 621 Å². The number of aromatic nitrogens is 3. The third kappa shape index (κ3) is 56.2. The fourth-order valence-electron chi connectivity index (χ4n) is 11.7. The van der Waals surface area contributed by atoms with Crippen molar-refractivity contribution in [1.82, 2.24) is 79.0 Å².